The molecule has 0 radical (unpaired) electrons. The lowest BCUT2D eigenvalue weighted by atomic mass is 9.65. The first kappa shape index (κ1) is 11.8. The number of aliphatic hydroxyl groups is 1. The molecule has 3 heterocycles. The second kappa shape index (κ2) is 3.87. The monoisotopic (exact) mass is 257 g/mol. The van der Waals surface area contributed by atoms with Crippen molar-refractivity contribution in [1.29, 1.82) is 0 Å². The Morgan fingerprint density at radius 3 is 2.41 bits per heavy atom. The van der Waals surface area contributed by atoms with Crippen LogP contribution in [-0.2, 0) is 4.79 Å². The number of hydrogen-bond acceptors (Lipinski definition) is 4. The van der Waals surface area contributed by atoms with Crippen molar-refractivity contribution in [3.8, 4) is 0 Å². The Hall–Kier alpha value is -0.260. The topological polar surface area (TPSA) is 69.6 Å². The molecule has 3 unspecified atom stereocenters. The molecule has 2 bridgehead atoms. The maximum atomic E-state index is 11.7. The van der Waals surface area contributed by atoms with Crippen LogP contribution < -0.4 is 5.32 Å². The van der Waals surface area contributed by atoms with Gasteiger partial charge in [-0.05, 0) is 37.9 Å². The summed E-state index contributed by atoms with van der Waals surface area (Å²) in [7, 11) is 0. The van der Waals surface area contributed by atoms with Crippen molar-refractivity contribution in [2.45, 2.75) is 49.8 Å². The number of aliphatic carboxylic acids is 1. The lowest BCUT2D eigenvalue weighted by molar-refractivity contribution is -0.171. The lowest BCUT2D eigenvalue weighted by Gasteiger charge is -2.46. The van der Waals surface area contributed by atoms with Gasteiger partial charge in [0, 0.05) is 17.8 Å². The molecule has 3 aliphatic heterocycles. The highest BCUT2D eigenvalue weighted by Crippen LogP contribution is 2.52. The Morgan fingerprint density at radius 1 is 1.29 bits per heavy atom. The highest BCUT2D eigenvalue weighted by atomic mass is 32.2. The Bertz CT molecular complexity index is 329. The predicted molar refractivity (Wildman–Crippen MR) is 66.1 cm³/mol. The van der Waals surface area contributed by atoms with Crippen LogP contribution in [0.5, 0.6) is 0 Å². The van der Waals surface area contributed by atoms with Crippen molar-refractivity contribution in [2.24, 2.45) is 5.41 Å². The fraction of sp³-hybridized carbons (Fsp3) is 0.917. The van der Waals surface area contributed by atoms with Gasteiger partial charge in [-0.25, -0.2) is 0 Å². The van der Waals surface area contributed by atoms with E-state index in [0.29, 0.717) is 37.1 Å². The summed E-state index contributed by atoms with van der Waals surface area (Å²) in [5.74, 6) is 0.627. The average molecular weight is 257 g/mol. The second-order valence-corrected chi connectivity index (χ2v) is 6.87. The molecule has 3 atom stereocenters. The van der Waals surface area contributed by atoms with Crippen LogP contribution in [0.1, 0.15) is 32.1 Å². The maximum Gasteiger partial charge on any atom is 0.313 e. The molecule has 0 aliphatic carbocycles. The molecule has 0 amide bonds. The molecule has 4 nitrogen and oxygen atoms in total. The van der Waals surface area contributed by atoms with Crippen LogP contribution in [0.4, 0.5) is 0 Å². The molecule has 17 heavy (non-hydrogen) atoms. The Balaban J connectivity index is 1.92. The zero-order valence-corrected chi connectivity index (χ0v) is 10.6. The van der Waals surface area contributed by atoms with Crippen LogP contribution in [0.3, 0.4) is 0 Å². The molecular weight excluding hydrogens is 238 g/mol. The first-order valence-corrected chi connectivity index (χ1v) is 7.51. The van der Waals surface area contributed by atoms with E-state index in [-0.39, 0.29) is 0 Å². The van der Waals surface area contributed by atoms with E-state index in [1.807, 2.05) is 0 Å². The Labute approximate surface area is 105 Å². The molecular formula is C12H19NO3S. The molecule has 3 fully saturated rings. The van der Waals surface area contributed by atoms with Gasteiger partial charge in [-0.1, -0.05) is 0 Å². The van der Waals surface area contributed by atoms with Gasteiger partial charge >= 0.3 is 5.97 Å². The number of carbonyl (C=O) groups is 1. The third-order valence-corrected chi connectivity index (χ3v) is 6.01. The van der Waals surface area contributed by atoms with Gasteiger partial charge in [-0.15, -0.1) is 0 Å². The number of carboxylic acid groups (broad SMARTS) is 1. The van der Waals surface area contributed by atoms with Crippen molar-refractivity contribution < 1.29 is 15.0 Å². The van der Waals surface area contributed by atoms with Crippen molar-refractivity contribution in [1.82, 2.24) is 5.32 Å². The highest BCUT2D eigenvalue weighted by Gasteiger charge is 2.60. The summed E-state index contributed by atoms with van der Waals surface area (Å²) >= 11 is 1.66. The fourth-order valence-corrected chi connectivity index (χ4v) is 5.34. The van der Waals surface area contributed by atoms with Gasteiger partial charge in [-0.2, -0.15) is 11.8 Å². The van der Waals surface area contributed by atoms with Crippen LogP contribution in [0, 0.1) is 5.41 Å². The van der Waals surface area contributed by atoms with Gasteiger partial charge < -0.3 is 15.5 Å². The molecule has 5 heteroatoms. The van der Waals surface area contributed by atoms with Crippen LogP contribution in [0.15, 0.2) is 0 Å². The molecule has 0 aromatic heterocycles. The minimum Gasteiger partial charge on any atom is -0.481 e. The number of thioether (sulfide) groups is 1. The minimum absolute atomic E-state index is 0.320. The van der Waals surface area contributed by atoms with Crippen molar-refractivity contribution >= 4 is 17.7 Å². The van der Waals surface area contributed by atoms with E-state index >= 15 is 0 Å². The summed E-state index contributed by atoms with van der Waals surface area (Å²) in [6.07, 6.45) is 3.99. The van der Waals surface area contributed by atoms with Gasteiger partial charge in [0.15, 0.2) is 0 Å². The molecule has 3 aliphatic rings. The van der Waals surface area contributed by atoms with Crippen molar-refractivity contribution in [3.63, 3.8) is 0 Å². The predicted octanol–water partition coefficient (Wildman–Crippen LogP) is 0.840. The normalized spacial score (nSPS) is 49.5. The average Bonchev–Trinajstić information content (AvgIpc) is 2.86. The summed E-state index contributed by atoms with van der Waals surface area (Å²) in [6, 6.07) is 0.640. The summed E-state index contributed by atoms with van der Waals surface area (Å²) in [5, 5.41) is 24.0. The van der Waals surface area contributed by atoms with Gasteiger partial charge in [0.1, 0.15) is 5.41 Å². The third kappa shape index (κ3) is 1.63. The van der Waals surface area contributed by atoms with Crippen LogP contribution in [0.25, 0.3) is 0 Å². The molecule has 96 valence electrons. The van der Waals surface area contributed by atoms with Crippen molar-refractivity contribution in [3.05, 3.63) is 0 Å². The summed E-state index contributed by atoms with van der Waals surface area (Å²) < 4.78 is 0. The van der Waals surface area contributed by atoms with E-state index in [4.69, 9.17) is 0 Å². The standard InChI is InChI=1S/C12H19NO3S/c14-10(15)11(3-4-17-7-11)12(16)5-8-1-2-9(6-12)13-8/h8-9,13,16H,1-7H2,(H,14,15). The van der Waals surface area contributed by atoms with Crippen LogP contribution in [-0.4, -0.2) is 45.4 Å². The van der Waals surface area contributed by atoms with E-state index in [0.717, 1.165) is 18.6 Å². The first-order chi connectivity index (χ1) is 8.06. The van der Waals surface area contributed by atoms with Gasteiger partial charge in [0.25, 0.3) is 0 Å². The number of nitrogens with one attached hydrogen (secondary N) is 1. The van der Waals surface area contributed by atoms with E-state index in [1.54, 1.807) is 11.8 Å². The zero-order chi connectivity index (χ0) is 12.1. The lowest BCUT2D eigenvalue weighted by Crippen LogP contribution is -2.60. The van der Waals surface area contributed by atoms with E-state index in [1.165, 1.54) is 0 Å². The molecule has 0 aromatic rings. The number of rotatable bonds is 2. The van der Waals surface area contributed by atoms with E-state index < -0.39 is 17.0 Å². The number of hydrogen-bond donors (Lipinski definition) is 3. The number of fused-ring (bicyclic) bond motifs is 2. The van der Waals surface area contributed by atoms with E-state index in [9.17, 15) is 15.0 Å². The van der Waals surface area contributed by atoms with Gasteiger partial charge in [0.2, 0.25) is 0 Å². The van der Waals surface area contributed by atoms with Gasteiger partial charge in [-0.3, -0.25) is 4.79 Å². The summed E-state index contributed by atoms with van der Waals surface area (Å²) in [6.45, 7) is 0. The first-order valence-electron chi connectivity index (χ1n) is 6.35. The SMILES string of the molecule is O=C(O)C1(C2(O)CC3CCC(C2)N3)CCSC1. The molecule has 3 N–H and O–H groups in total. The third-order valence-electron chi connectivity index (χ3n) is 4.82. The Morgan fingerprint density at radius 2 is 1.94 bits per heavy atom. The number of piperidine rings is 1. The molecule has 3 saturated heterocycles. The highest BCUT2D eigenvalue weighted by molar-refractivity contribution is 7.99. The fourth-order valence-electron chi connectivity index (χ4n) is 3.81. The van der Waals surface area contributed by atoms with Crippen LogP contribution >= 0.6 is 11.8 Å². The largest absolute Gasteiger partial charge is 0.481 e. The molecule has 0 spiro atoms. The van der Waals surface area contributed by atoms with E-state index in [2.05, 4.69) is 5.32 Å². The smallest absolute Gasteiger partial charge is 0.313 e. The zero-order valence-electron chi connectivity index (χ0n) is 9.82. The van der Waals surface area contributed by atoms with Crippen LogP contribution in [0.2, 0.25) is 0 Å². The minimum atomic E-state index is -1.00. The molecule has 3 rings (SSSR count). The second-order valence-electron chi connectivity index (χ2n) is 5.77. The maximum absolute atomic E-state index is 11.7. The quantitative estimate of drug-likeness (QED) is 0.684. The Kier molecular flexibility index (Phi) is 2.69. The molecule has 0 saturated carbocycles. The van der Waals surface area contributed by atoms with Crippen molar-refractivity contribution in [2.75, 3.05) is 11.5 Å². The summed E-state index contributed by atoms with van der Waals surface area (Å²) in [5.41, 5.74) is -1.90. The number of carboxylic acids is 1. The van der Waals surface area contributed by atoms with Gasteiger partial charge in [0.05, 0.1) is 5.60 Å². The summed E-state index contributed by atoms with van der Waals surface area (Å²) in [4.78, 5) is 11.7. The molecule has 0 aromatic carbocycles.